The van der Waals surface area contributed by atoms with Crippen molar-refractivity contribution in [1.82, 2.24) is 15.5 Å². The van der Waals surface area contributed by atoms with E-state index in [2.05, 4.69) is 10.6 Å². The van der Waals surface area contributed by atoms with Gasteiger partial charge in [0.1, 0.15) is 11.8 Å². The molecule has 1 saturated heterocycles. The number of carbonyl (C=O) groups excluding carboxylic acids is 2. The van der Waals surface area contributed by atoms with Crippen molar-refractivity contribution in [3.8, 4) is 0 Å². The molecule has 0 radical (unpaired) electrons. The van der Waals surface area contributed by atoms with E-state index < -0.39 is 23.9 Å². The Morgan fingerprint density at radius 2 is 2.19 bits per heavy atom. The van der Waals surface area contributed by atoms with Crippen LogP contribution in [0.5, 0.6) is 0 Å². The number of carbonyl (C=O) groups is 3. The van der Waals surface area contributed by atoms with Gasteiger partial charge < -0.3 is 25.1 Å². The Morgan fingerprint density at radius 1 is 1.38 bits per heavy atom. The van der Waals surface area contributed by atoms with E-state index >= 15 is 0 Å². The number of nitrogens with zero attached hydrogens (tertiary/aromatic N) is 1. The molecule has 114 valence electrons. The van der Waals surface area contributed by atoms with Crippen LogP contribution in [0, 0.1) is 0 Å². The number of nitrogens with one attached hydrogen (secondary N) is 2. The van der Waals surface area contributed by atoms with E-state index in [-0.39, 0.29) is 13.1 Å². The number of carboxylic acid groups (broad SMARTS) is 1. The molecular formula is C13H17N3O5. The zero-order valence-electron chi connectivity index (χ0n) is 11.4. The summed E-state index contributed by atoms with van der Waals surface area (Å²) in [6.07, 6.45) is 2.61. The van der Waals surface area contributed by atoms with E-state index in [1.165, 1.54) is 11.2 Å². The third-order valence-corrected chi connectivity index (χ3v) is 3.26. The molecule has 2 heterocycles. The van der Waals surface area contributed by atoms with Crippen LogP contribution in [0.2, 0.25) is 0 Å². The minimum Gasteiger partial charge on any atom is -0.480 e. The minimum absolute atomic E-state index is 0.217. The molecule has 0 unspecified atom stereocenters. The standard InChI is InChI=1S/C13H17N3O5/c17-11(16-5-1-4-10(16)12(18)19)8-15-13(20)14-7-9-3-2-6-21-9/h2-3,6,10H,1,4-5,7-8H2,(H,18,19)(H2,14,15,20)/t10-/m0/s1. The number of hydrogen-bond acceptors (Lipinski definition) is 4. The van der Waals surface area contributed by atoms with Crippen LogP contribution < -0.4 is 10.6 Å². The Morgan fingerprint density at radius 3 is 2.86 bits per heavy atom. The molecule has 1 aromatic heterocycles. The molecule has 2 rings (SSSR count). The van der Waals surface area contributed by atoms with Gasteiger partial charge in [0, 0.05) is 6.54 Å². The molecule has 1 aliphatic rings. The summed E-state index contributed by atoms with van der Waals surface area (Å²) in [5.41, 5.74) is 0. The lowest BCUT2D eigenvalue weighted by Crippen LogP contribution is -2.47. The van der Waals surface area contributed by atoms with Gasteiger partial charge in [-0.2, -0.15) is 0 Å². The van der Waals surface area contributed by atoms with Crippen LogP contribution in [-0.4, -0.2) is 47.0 Å². The number of urea groups is 1. The van der Waals surface area contributed by atoms with E-state index in [0.717, 1.165) is 0 Å². The average Bonchev–Trinajstić information content (AvgIpc) is 3.12. The van der Waals surface area contributed by atoms with E-state index in [1.54, 1.807) is 12.1 Å². The van der Waals surface area contributed by atoms with Gasteiger partial charge in [-0.15, -0.1) is 0 Å². The zero-order chi connectivity index (χ0) is 15.2. The fourth-order valence-electron chi connectivity index (χ4n) is 2.22. The molecule has 0 aliphatic carbocycles. The lowest BCUT2D eigenvalue weighted by atomic mass is 10.2. The summed E-state index contributed by atoms with van der Waals surface area (Å²) in [6.45, 7) is 0.397. The van der Waals surface area contributed by atoms with Crippen LogP contribution >= 0.6 is 0 Å². The van der Waals surface area contributed by atoms with Gasteiger partial charge in [-0.3, -0.25) is 4.79 Å². The summed E-state index contributed by atoms with van der Waals surface area (Å²) in [5, 5.41) is 13.9. The predicted molar refractivity (Wildman–Crippen MR) is 71.3 cm³/mol. The average molecular weight is 295 g/mol. The lowest BCUT2D eigenvalue weighted by Gasteiger charge is -2.21. The second kappa shape index (κ2) is 6.78. The third-order valence-electron chi connectivity index (χ3n) is 3.26. The maximum absolute atomic E-state index is 11.9. The maximum Gasteiger partial charge on any atom is 0.326 e. The number of carboxylic acids is 1. The summed E-state index contributed by atoms with van der Waals surface area (Å²) in [7, 11) is 0. The fraction of sp³-hybridized carbons (Fsp3) is 0.462. The summed E-state index contributed by atoms with van der Waals surface area (Å²) in [5.74, 6) is -0.807. The molecule has 1 aromatic rings. The highest BCUT2D eigenvalue weighted by Crippen LogP contribution is 2.17. The lowest BCUT2D eigenvalue weighted by molar-refractivity contribution is -0.147. The van der Waals surface area contributed by atoms with E-state index in [4.69, 9.17) is 9.52 Å². The number of hydrogen-bond donors (Lipinski definition) is 3. The van der Waals surface area contributed by atoms with Gasteiger partial charge in [0.05, 0.1) is 19.4 Å². The monoisotopic (exact) mass is 295 g/mol. The maximum atomic E-state index is 11.9. The number of rotatable bonds is 5. The van der Waals surface area contributed by atoms with E-state index in [1.807, 2.05) is 0 Å². The third kappa shape index (κ3) is 3.98. The summed E-state index contributed by atoms with van der Waals surface area (Å²) < 4.78 is 5.05. The summed E-state index contributed by atoms with van der Waals surface area (Å²) >= 11 is 0. The van der Waals surface area contributed by atoms with Gasteiger partial charge >= 0.3 is 12.0 Å². The molecule has 3 N–H and O–H groups in total. The smallest absolute Gasteiger partial charge is 0.326 e. The van der Waals surface area contributed by atoms with Crippen molar-refractivity contribution in [3.05, 3.63) is 24.2 Å². The van der Waals surface area contributed by atoms with Crippen molar-refractivity contribution in [3.63, 3.8) is 0 Å². The van der Waals surface area contributed by atoms with Crippen molar-refractivity contribution in [2.24, 2.45) is 0 Å². The molecule has 0 bridgehead atoms. The molecule has 0 saturated carbocycles. The second-order valence-corrected chi connectivity index (χ2v) is 4.70. The van der Waals surface area contributed by atoms with Gasteiger partial charge in [0.25, 0.3) is 0 Å². The van der Waals surface area contributed by atoms with E-state index in [9.17, 15) is 14.4 Å². The summed E-state index contributed by atoms with van der Waals surface area (Å²) in [6, 6.07) is 2.13. The number of furan rings is 1. The van der Waals surface area contributed by atoms with Crippen LogP contribution in [0.1, 0.15) is 18.6 Å². The SMILES string of the molecule is O=C(NCC(=O)N1CCC[C@H]1C(=O)O)NCc1ccco1. The predicted octanol–water partition coefficient (Wildman–Crippen LogP) is 0.154. The van der Waals surface area contributed by atoms with Gasteiger partial charge in [0.15, 0.2) is 0 Å². The van der Waals surface area contributed by atoms with Gasteiger partial charge in [0.2, 0.25) is 5.91 Å². The van der Waals surface area contributed by atoms with E-state index in [0.29, 0.717) is 25.1 Å². The molecule has 21 heavy (non-hydrogen) atoms. The summed E-state index contributed by atoms with van der Waals surface area (Å²) in [4.78, 5) is 35.7. The number of aliphatic carboxylic acids is 1. The first-order chi connectivity index (χ1) is 10.1. The first kappa shape index (κ1) is 14.9. The van der Waals surface area contributed by atoms with Crippen molar-refractivity contribution < 1.29 is 23.9 Å². The molecule has 1 atom stereocenters. The van der Waals surface area contributed by atoms with Crippen LogP contribution in [0.3, 0.4) is 0 Å². The van der Waals surface area contributed by atoms with Crippen LogP contribution in [0.25, 0.3) is 0 Å². The molecule has 0 spiro atoms. The molecule has 1 fully saturated rings. The molecule has 3 amide bonds. The Kier molecular flexibility index (Phi) is 4.81. The largest absolute Gasteiger partial charge is 0.480 e. The highest BCUT2D eigenvalue weighted by molar-refractivity contribution is 5.88. The molecule has 0 aromatic carbocycles. The highest BCUT2D eigenvalue weighted by Gasteiger charge is 2.33. The number of amides is 3. The molecule has 1 aliphatic heterocycles. The van der Waals surface area contributed by atoms with Crippen molar-refractivity contribution >= 4 is 17.9 Å². The second-order valence-electron chi connectivity index (χ2n) is 4.70. The topological polar surface area (TPSA) is 112 Å². The Labute approximate surface area is 121 Å². The highest BCUT2D eigenvalue weighted by atomic mass is 16.4. The molecule has 8 nitrogen and oxygen atoms in total. The minimum atomic E-state index is -1.01. The Bertz CT molecular complexity index is 514. The van der Waals surface area contributed by atoms with Crippen molar-refractivity contribution in [2.75, 3.05) is 13.1 Å². The van der Waals surface area contributed by atoms with Gasteiger partial charge in [-0.05, 0) is 25.0 Å². The molecular weight excluding hydrogens is 278 g/mol. The van der Waals surface area contributed by atoms with Crippen molar-refractivity contribution in [2.45, 2.75) is 25.4 Å². The quantitative estimate of drug-likeness (QED) is 0.716. The number of likely N-dealkylation sites (tertiary alicyclic amines) is 1. The van der Waals surface area contributed by atoms with Gasteiger partial charge in [-0.25, -0.2) is 9.59 Å². The normalized spacial score (nSPS) is 17.5. The molecule has 8 heteroatoms. The fourth-order valence-corrected chi connectivity index (χ4v) is 2.22. The Balaban J connectivity index is 1.73. The van der Waals surface area contributed by atoms with Crippen LogP contribution in [-0.2, 0) is 16.1 Å². The Hall–Kier alpha value is -2.51. The first-order valence-corrected chi connectivity index (χ1v) is 6.64. The van der Waals surface area contributed by atoms with Gasteiger partial charge in [-0.1, -0.05) is 0 Å². The van der Waals surface area contributed by atoms with Crippen LogP contribution in [0.4, 0.5) is 4.79 Å². The van der Waals surface area contributed by atoms with Crippen molar-refractivity contribution in [1.29, 1.82) is 0 Å². The van der Waals surface area contributed by atoms with Crippen LogP contribution in [0.15, 0.2) is 22.8 Å². The zero-order valence-corrected chi connectivity index (χ0v) is 11.4. The first-order valence-electron chi connectivity index (χ1n) is 6.64.